The van der Waals surface area contributed by atoms with Crippen molar-refractivity contribution in [1.29, 1.82) is 0 Å². The molecule has 2 rings (SSSR count). The van der Waals surface area contributed by atoms with Gasteiger partial charge in [-0.3, -0.25) is 4.79 Å². The number of hydrogen-bond donors (Lipinski definition) is 1. The molecule has 0 saturated carbocycles. The van der Waals surface area contributed by atoms with Crippen molar-refractivity contribution in [2.24, 2.45) is 0 Å². The Hall–Kier alpha value is -2.18. The topological polar surface area (TPSA) is 66.5 Å². The summed E-state index contributed by atoms with van der Waals surface area (Å²) in [6, 6.07) is 17.6. The van der Waals surface area contributed by atoms with Crippen LogP contribution in [0.3, 0.4) is 0 Å². The number of rotatable bonds is 7. The molecule has 5 nitrogen and oxygen atoms in total. The molecule has 2 aromatic carbocycles. The van der Waals surface area contributed by atoms with Gasteiger partial charge in [0.15, 0.2) is 0 Å². The van der Waals surface area contributed by atoms with Crippen molar-refractivity contribution >= 4 is 15.9 Å². The van der Waals surface area contributed by atoms with Gasteiger partial charge in [0.1, 0.15) is 0 Å². The van der Waals surface area contributed by atoms with E-state index in [1.807, 2.05) is 37.3 Å². The van der Waals surface area contributed by atoms with Gasteiger partial charge in [-0.15, -0.1) is 0 Å². The zero-order valence-electron chi connectivity index (χ0n) is 13.8. The molecule has 0 radical (unpaired) electrons. The summed E-state index contributed by atoms with van der Waals surface area (Å²) in [5.41, 5.74) is 1.00. The Labute approximate surface area is 143 Å². The Kier molecular flexibility index (Phi) is 6.11. The van der Waals surface area contributed by atoms with Gasteiger partial charge < -0.3 is 5.32 Å². The van der Waals surface area contributed by atoms with Gasteiger partial charge in [-0.2, -0.15) is 4.31 Å². The van der Waals surface area contributed by atoms with Crippen LogP contribution < -0.4 is 5.32 Å². The van der Waals surface area contributed by atoms with Gasteiger partial charge in [0.25, 0.3) is 0 Å². The van der Waals surface area contributed by atoms with Gasteiger partial charge >= 0.3 is 0 Å². The van der Waals surface area contributed by atoms with E-state index in [0.717, 1.165) is 16.3 Å². The van der Waals surface area contributed by atoms with Gasteiger partial charge in [0.05, 0.1) is 17.5 Å². The number of amides is 1. The van der Waals surface area contributed by atoms with Gasteiger partial charge in [0, 0.05) is 7.05 Å². The summed E-state index contributed by atoms with van der Waals surface area (Å²) in [6.45, 7) is 1.75. The van der Waals surface area contributed by atoms with Crippen molar-refractivity contribution in [3.8, 4) is 0 Å². The molecule has 0 spiro atoms. The molecular weight excluding hydrogens is 324 g/mol. The second-order valence-electron chi connectivity index (χ2n) is 5.51. The minimum absolute atomic E-state index is 0.133. The number of nitrogens with one attached hydrogen (secondary N) is 1. The molecule has 1 N–H and O–H groups in total. The summed E-state index contributed by atoms with van der Waals surface area (Å²) in [4.78, 5) is 12.4. The highest BCUT2D eigenvalue weighted by Crippen LogP contribution is 2.17. The molecule has 0 aliphatic carbocycles. The third kappa shape index (κ3) is 4.43. The van der Waals surface area contributed by atoms with Crippen molar-refractivity contribution in [1.82, 2.24) is 9.62 Å². The van der Waals surface area contributed by atoms with Crippen LogP contribution >= 0.6 is 0 Å². The maximum absolute atomic E-state index is 12.4. The zero-order chi connectivity index (χ0) is 17.6. The van der Waals surface area contributed by atoms with Crippen LogP contribution in [0.25, 0.3) is 0 Å². The van der Waals surface area contributed by atoms with Crippen molar-refractivity contribution in [3.63, 3.8) is 0 Å². The predicted molar refractivity (Wildman–Crippen MR) is 93.9 cm³/mol. The molecule has 0 saturated heterocycles. The summed E-state index contributed by atoms with van der Waals surface area (Å²) in [6.07, 6.45) is 0.727. The van der Waals surface area contributed by atoms with E-state index in [4.69, 9.17) is 0 Å². The monoisotopic (exact) mass is 346 g/mol. The maximum Gasteiger partial charge on any atom is 0.243 e. The van der Waals surface area contributed by atoms with Crippen LogP contribution in [-0.4, -0.2) is 32.2 Å². The molecule has 0 heterocycles. The average molecular weight is 346 g/mol. The van der Waals surface area contributed by atoms with E-state index in [9.17, 15) is 13.2 Å². The molecular formula is C18H22N2O3S. The van der Waals surface area contributed by atoms with Crippen molar-refractivity contribution in [3.05, 3.63) is 66.2 Å². The van der Waals surface area contributed by atoms with Crippen molar-refractivity contribution in [2.45, 2.75) is 24.3 Å². The molecule has 0 aliphatic rings. The summed E-state index contributed by atoms with van der Waals surface area (Å²) < 4.78 is 25.9. The molecule has 128 valence electrons. The minimum atomic E-state index is -3.67. The maximum atomic E-state index is 12.4. The van der Waals surface area contributed by atoms with E-state index in [1.165, 1.54) is 19.2 Å². The van der Waals surface area contributed by atoms with Gasteiger partial charge in [-0.1, -0.05) is 55.5 Å². The van der Waals surface area contributed by atoms with E-state index in [2.05, 4.69) is 5.32 Å². The van der Waals surface area contributed by atoms with Crippen LogP contribution in [-0.2, 0) is 14.8 Å². The largest absolute Gasteiger partial charge is 0.348 e. The molecule has 0 aliphatic heterocycles. The molecule has 0 fully saturated rings. The zero-order valence-corrected chi connectivity index (χ0v) is 14.7. The van der Waals surface area contributed by atoms with Crippen LogP contribution in [0.15, 0.2) is 65.6 Å². The lowest BCUT2D eigenvalue weighted by Crippen LogP contribution is -2.39. The predicted octanol–water partition coefficient (Wildman–Crippen LogP) is 2.57. The molecule has 1 amide bonds. The lowest BCUT2D eigenvalue weighted by molar-refractivity contribution is -0.121. The first-order valence-electron chi connectivity index (χ1n) is 7.81. The molecule has 0 unspecified atom stereocenters. The number of nitrogens with zero attached hydrogens (tertiary/aromatic N) is 1. The molecule has 24 heavy (non-hydrogen) atoms. The number of likely N-dealkylation sites (N-methyl/N-ethyl adjacent to an activating group) is 1. The summed E-state index contributed by atoms with van der Waals surface area (Å²) >= 11 is 0. The number of hydrogen-bond acceptors (Lipinski definition) is 3. The Morgan fingerprint density at radius 2 is 1.58 bits per heavy atom. The summed E-state index contributed by atoms with van der Waals surface area (Å²) in [5.74, 6) is -0.326. The first-order valence-corrected chi connectivity index (χ1v) is 9.25. The highest BCUT2D eigenvalue weighted by Gasteiger charge is 2.23. The normalized spacial score (nSPS) is 12.8. The SMILES string of the molecule is CC[C@H](NC(=O)CN(C)S(=O)(=O)c1ccccc1)c1ccccc1. The standard InChI is InChI=1S/C18H22N2O3S/c1-3-17(15-10-6-4-7-11-15)19-18(21)14-20(2)24(22,23)16-12-8-5-9-13-16/h4-13,17H,3,14H2,1-2H3,(H,19,21)/t17-/m0/s1. The van der Waals surface area contributed by atoms with E-state index >= 15 is 0 Å². The molecule has 0 bridgehead atoms. The van der Waals surface area contributed by atoms with Gasteiger partial charge in [-0.05, 0) is 24.1 Å². The summed E-state index contributed by atoms with van der Waals surface area (Å²) in [5, 5.41) is 2.89. The fourth-order valence-corrected chi connectivity index (χ4v) is 3.55. The van der Waals surface area contributed by atoms with Crippen molar-refractivity contribution in [2.75, 3.05) is 13.6 Å². The summed E-state index contributed by atoms with van der Waals surface area (Å²) in [7, 11) is -2.26. The fraction of sp³-hybridized carbons (Fsp3) is 0.278. The third-order valence-electron chi connectivity index (χ3n) is 3.76. The lowest BCUT2D eigenvalue weighted by atomic mass is 10.0. The number of sulfonamides is 1. The quantitative estimate of drug-likeness (QED) is 0.838. The molecule has 6 heteroatoms. The van der Waals surface area contributed by atoms with Crippen LogP contribution in [0.4, 0.5) is 0 Å². The second-order valence-corrected chi connectivity index (χ2v) is 7.56. The highest BCUT2D eigenvalue weighted by molar-refractivity contribution is 7.89. The van der Waals surface area contributed by atoms with E-state index < -0.39 is 10.0 Å². The minimum Gasteiger partial charge on any atom is -0.348 e. The fourth-order valence-electron chi connectivity index (χ4n) is 2.41. The van der Waals surface area contributed by atoms with E-state index in [0.29, 0.717) is 0 Å². The Balaban J connectivity index is 2.03. The molecule has 2 aromatic rings. The first kappa shape index (κ1) is 18.2. The molecule has 0 aromatic heterocycles. The van der Waals surface area contributed by atoms with Gasteiger partial charge in [-0.25, -0.2) is 8.42 Å². The number of carbonyl (C=O) groups excluding carboxylic acids is 1. The van der Waals surface area contributed by atoms with Gasteiger partial charge in [0.2, 0.25) is 15.9 Å². The van der Waals surface area contributed by atoms with Crippen LogP contribution in [0.1, 0.15) is 24.9 Å². The Morgan fingerprint density at radius 1 is 1.04 bits per heavy atom. The number of carbonyl (C=O) groups is 1. The third-order valence-corrected chi connectivity index (χ3v) is 5.58. The molecule has 1 atom stereocenters. The van der Waals surface area contributed by atoms with Crippen LogP contribution in [0, 0.1) is 0 Å². The second kappa shape index (κ2) is 8.08. The van der Waals surface area contributed by atoms with Crippen LogP contribution in [0.5, 0.6) is 0 Å². The Morgan fingerprint density at radius 3 is 2.12 bits per heavy atom. The lowest BCUT2D eigenvalue weighted by Gasteiger charge is -2.21. The number of benzene rings is 2. The van der Waals surface area contributed by atoms with Crippen molar-refractivity contribution < 1.29 is 13.2 Å². The highest BCUT2D eigenvalue weighted by atomic mass is 32.2. The first-order chi connectivity index (χ1) is 11.4. The van der Waals surface area contributed by atoms with E-state index in [-0.39, 0.29) is 23.4 Å². The average Bonchev–Trinajstić information content (AvgIpc) is 2.61. The smallest absolute Gasteiger partial charge is 0.243 e. The Bertz CT molecular complexity index is 761. The van der Waals surface area contributed by atoms with E-state index in [1.54, 1.807) is 18.2 Å². The van der Waals surface area contributed by atoms with Crippen LogP contribution in [0.2, 0.25) is 0 Å².